The number of halogens is 2. The highest BCUT2D eigenvalue weighted by molar-refractivity contribution is 7.92. The van der Waals surface area contributed by atoms with Crippen LogP contribution >= 0.6 is 0 Å². The molecule has 12 heteroatoms. The van der Waals surface area contributed by atoms with Crippen molar-refractivity contribution in [2.24, 2.45) is 0 Å². The third-order valence-electron chi connectivity index (χ3n) is 5.04. The molecule has 4 N–H and O–H groups in total. The number of pyridine rings is 2. The summed E-state index contributed by atoms with van der Waals surface area (Å²) in [5.41, 5.74) is 7.58. The number of nitrogen functional groups attached to an aromatic ring is 1. The van der Waals surface area contributed by atoms with Gasteiger partial charge in [0.1, 0.15) is 11.3 Å². The second kappa shape index (κ2) is 10.1. The molecule has 0 amide bonds. The van der Waals surface area contributed by atoms with Crippen molar-refractivity contribution in [3.8, 4) is 22.6 Å². The summed E-state index contributed by atoms with van der Waals surface area (Å²) in [4.78, 5) is 17.6. The monoisotopic (exact) mass is 499 g/mol. The minimum atomic E-state index is -3.90. The maximum absolute atomic E-state index is 15.2. The summed E-state index contributed by atoms with van der Waals surface area (Å²) in [5.74, 6) is -0.0659. The number of fused-ring (bicyclic) bond motifs is 1. The van der Waals surface area contributed by atoms with Crippen molar-refractivity contribution in [2.75, 3.05) is 34.7 Å². The fourth-order valence-electron chi connectivity index (χ4n) is 3.40. The maximum atomic E-state index is 15.2. The lowest BCUT2D eigenvalue weighted by atomic mass is 10.1. The number of sulfonamides is 1. The summed E-state index contributed by atoms with van der Waals surface area (Å²) < 4.78 is 53.8. The number of rotatable bonds is 9. The van der Waals surface area contributed by atoms with E-state index < -0.39 is 28.3 Å². The van der Waals surface area contributed by atoms with Crippen LogP contribution in [0.15, 0.2) is 48.7 Å². The largest absolute Gasteiger partial charge is 0.382 e. The molecule has 0 saturated carbocycles. The minimum Gasteiger partial charge on any atom is -0.382 e. The van der Waals surface area contributed by atoms with Gasteiger partial charge in [-0.05, 0) is 49.7 Å². The van der Waals surface area contributed by atoms with E-state index in [1.165, 1.54) is 18.2 Å². The van der Waals surface area contributed by atoms with Crippen LogP contribution in [0.2, 0.25) is 0 Å². The SMILES string of the molecule is CCNc1ccc(-c2nc(N)c3nc(-c4cccc(NS(=O)(=O)CCCF)c4F)ccc3n2)cn1. The van der Waals surface area contributed by atoms with Crippen molar-refractivity contribution in [3.63, 3.8) is 0 Å². The lowest BCUT2D eigenvalue weighted by Crippen LogP contribution is -2.18. The molecule has 0 aliphatic rings. The van der Waals surface area contributed by atoms with Gasteiger partial charge in [0, 0.05) is 23.9 Å². The van der Waals surface area contributed by atoms with E-state index in [0.717, 1.165) is 12.4 Å². The van der Waals surface area contributed by atoms with E-state index in [9.17, 15) is 12.8 Å². The first-order valence-corrected chi connectivity index (χ1v) is 12.5. The predicted octanol–water partition coefficient (Wildman–Crippen LogP) is 4.01. The quantitative estimate of drug-likeness (QED) is 0.314. The Labute approximate surface area is 200 Å². The van der Waals surface area contributed by atoms with Gasteiger partial charge in [-0.25, -0.2) is 32.7 Å². The highest BCUT2D eigenvalue weighted by Crippen LogP contribution is 2.30. The highest BCUT2D eigenvalue weighted by Gasteiger charge is 2.18. The molecule has 0 atom stereocenters. The Kier molecular flexibility index (Phi) is 7.01. The fraction of sp³-hybridized carbons (Fsp3) is 0.217. The Balaban J connectivity index is 1.67. The van der Waals surface area contributed by atoms with E-state index in [1.54, 1.807) is 18.3 Å². The number of hydrogen-bond donors (Lipinski definition) is 3. The second-order valence-electron chi connectivity index (χ2n) is 7.59. The normalized spacial score (nSPS) is 11.5. The van der Waals surface area contributed by atoms with E-state index in [1.807, 2.05) is 19.1 Å². The molecule has 182 valence electrons. The molecule has 0 fully saturated rings. The molecule has 0 bridgehead atoms. The van der Waals surface area contributed by atoms with Crippen LogP contribution < -0.4 is 15.8 Å². The lowest BCUT2D eigenvalue weighted by Gasteiger charge is -2.12. The smallest absolute Gasteiger partial charge is 0.232 e. The molecule has 3 heterocycles. The van der Waals surface area contributed by atoms with Gasteiger partial charge in [-0.3, -0.25) is 9.11 Å². The Hall–Kier alpha value is -3.93. The van der Waals surface area contributed by atoms with Gasteiger partial charge in [-0.15, -0.1) is 0 Å². The van der Waals surface area contributed by atoms with Crippen LogP contribution in [-0.2, 0) is 10.0 Å². The number of nitrogens with zero attached hydrogens (tertiary/aromatic N) is 4. The molecular formula is C23H23F2N7O2S. The van der Waals surface area contributed by atoms with Crippen LogP contribution in [0.25, 0.3) is 33.7 Å². The third-order valence-corrected chi connectivity index (χ3v) is 6.39. The summed E-state index contributed by atoms with van der Waals surface area (Å²) >= 11 is 0. The summed E-state index contributed by atoms with van der Waals surface area (Å²) in [5, 5.41) is 3.11. The summed E-state index contributed by atoms with van der Waals surface area (Å²) in [6, 6.07) is 11.1. The molecule has 0 aliphatic heterocycles. The Morgan fingerprint density at radius 2 is 1.89 bits per heavy atom. The van der Waals surface area contributed by atoms with E-state index in [-0.39, 0.29) is 34.7 Å². The molecule has 0 unspecified atom stereocenters. The van der Waals surface area contributed by atoms with Gasteiger partial charge in [-0.1, -0.05) is 6.07 Å². The van der Waals surface area contributed by atoms with Gasteiger partial charge >= 0.3 is 0 Å². The zero-order valence-corrected chi connectivity index (χ0v) is 19.6. The molecular weight excluding hydrogens is 476 g/mol. The van der Waals surface area contributed by atoms with Crippen molar-refractivity contribution in [1.29, 1.82) is 0 Å². The van der Waals surface area contributed by atoms with Crippen LogP contribution in [0.5, 0.6) is 0 Å². The van der Waals surface area contributed by atoms with Crippen molar-refractivity contribution >= 4 is 38.4 Å². The molecule has 0 aliphatic carbocycles. The van der Waals surface area contributed by atoms with Crippen molar-refractivity contribution in [2.45, 2.75) is 13.3 Å². The molecule has 4 aromatic rings. The third kappa shape index (κ3) is 5.43. The van der Waals surface area contributed by atoms with E-state index in [0.29, 0.717) is 16.9 Å². The van der Waals surface area contributed by atoms with E-state index in [2.05, 4.69) is 30.0 Å². The number of nitrogens with two attached hydrogens (primary N) is 1. The average Bonchev–Trinajstić information content (AvgIpc) is 2.84. The number of alkyl halides is 1. The van der Waals surface area contributed by atoms with Crippen LogP contribution in [0.3, 0.4) is 0 Å². The second-order valence-corrected chi connectivity index (χ2v) is 9.43. The van der Waals surface area contributed by atoms with Gasteiger partial charge in [-0.2, -0.15) is 0 Å². The van der Waals surface area contributed by atoms with Gasteiger partial charge in [0.2, 0.25) is 10.0 Å². The molecule has 0 saturated heterocycles. The minimum absolute atomic E-state index is 0.0595. The van der Waals surface area contributed by atoms with E-state index in [4.69, 9.17) is 5.73 Å². The first kappa shape index (κ1) is 24.2. The number of anilines is 3. The molecule has 3 aromatic heterocycles. The molecule has 0 spiro atoms. The van der Waals surface area contributed by atoms with Crippen LogP contribution in [0, 0.1) is 5.82 Å². The van der Waals surface area contributed by atoms with Gasteiger partial charge in [0.15, 0.2) is 17.5 Å². The Morgan fingerprint density at radius 1 is 1.06 bits per heavy atom. The number of benzene rings is 1. The fourth-order valence-corrected chi connectivity index (χ4v) is 4.48. The molecule has 35 heavy (non-hydrogen) atoms. The molecule has 9 nitrogen and oxygen atoms in total. The lowest BCUT2D eigenvalue weighted by molar-refractivity contribution is 0.484. The topological polar surface area (TPSA) is 136 Å². The number of aromatic nitrogens is 4. The Morgan fingerprint density at radius 3 is 2.60 bits per heavy atom. The predicted molar refractivity (Wildman–Crippen MR) is 133 cm³/mol. The molecule has 0 radical (unpaired) electrons. The highest BCUT2D eigenvalue weighted by atomic mass is 32.2. The van der Waals surface area contributed by atoms with E-state index >= 15 is 4.39 Å². The maximum Gasteiger partial charge on any atom is 0.232 e. The zero-order valence-electron chi connectivity index (χ0n) is 18.8. The van der Waals surface area contributed by atoms with Crippen molar-refractivity contribution in [3.05, 3.63) is 54.5 Å². The van der Waals surface area contributed by atoms with Crippen LogP contribution in [0.1, 0.15) is 13.3 Å². The molecule has 1 aromatic carbocycles. The first-order chi connectivity index (χ1) is 16.8. The zero-order chi connectivity index (χ0) is 25.0. The standard InChI is InChI=1S/C23H23F2N7O2S/c1-2-27-19-10-7-14(13-28-19)23-30-18-9-8-16(29-21(18)22(26)31-23)15-5-3-6-17(20(15)25)32-35(33,34)12-4-11-24/h3,5-10,13,32H,2,4,11-12H2,1H3,(H,27,28)(H2,26,30,31). The van der Waals surface area contributed by atoms with Gasteiger partial charge < -0.3 is 11.1 Å². The summed E-state index contributed by atoms with van der Waals surface area (Å²) in [6.07, 6.45) is 1.45. The number of nitrogens with one attached hydrogen (secondary N) is 2. The first-order valence-electron chi connectivity index (χ1n) is 10.8. The number of hydrogen-bond acceptors (Lipinski definition) is 8. The van der Waals surface area contributed by atoms with Crippen LogP contribution in [0.4, 0.5) is 26.1 Å². The van der Waals surface area contributed by atoms with Crippen molar-refractivity contribution < 1.29 is 17.2 Å². The van der Waals surface area contributed by atoms with Crippen molar-refractivity contribution in [1.82, 2.24) is 19.9 Å². The van der Waals surface area contributed by atoms with Gasteiger partial charge in [0.25, 0.3) is 0 Å². The average molecular weight is 500 g/mol. The van der Waals surface area contributed by atoms with Gasteiger partial charge in [0.05, 0.1) is 29.3 Å². The van der Waals surface area contributed by atoms with Crippen LogP contribution in [-0.4, -0.2) is 47.3 Å². The Bertz CT molecular complexity index is 1470. The summed E-state index contributed by atoms with van der Waals surface area (Å²) in [6.45, 7) is 1.93. The summed E-state index contributed by atoms with van der Waals surface area (Å²) in [7, 11) is -3.90. The molecule has 4 rings (SSSR count).